The maximum absolute atomic E-state index is 12.2. The molecule has 1 fully saturated rings. The van der Waals surface area contributed by atoms with Crippen LogP contribution >= 0.6 is 0 Å². The zero-order valence-corrected chi connectivity index (χ0v) is 15.2. The lowest BCUT2D eigenvalue weighted by Gasteiger charge is -2.12. The number of benzene rings is 2. The molecule has 1 saturated carbocycles. The number of nitrogens with one attached hydrogen (secondary N) is 2. The second-order valence-corrected chi connectivity index (χ2v) is 6.62. The topological polar surface area (TPSA) is 111 Å². The molecule has 28 heavy (non-hydrogen) atoms. The van der Waals surface area contributed by atoms with E-state index < -0.39 is 10.8 Å². The molecule has 0 unspecified atom stereocenters. The van der Waals surface area contributed by atoms with Crippen molar-refractivity contribution in [2.75, 3.05) is 11.9 Å². The Balaban J connectivity index is 1.51. The second kappa shape index (κ2) is 8.98. The van der Waals surface area contributed by atoms with E-state index in [-0.39, 0.29) is 29.8 Å². The number of rotatable bonds is 7. The highest BCUT2D eigenvalue weighted by Gasteiger charge is 2.17. The number of ether oxygens (including phenoxy) is 1. The Bertz CT molecular complexity index is 860. The molecule has 0 spiro atoms. The van der Waals surface area contributed by atoms with Gasteiger partial charge in [0.25, 0.3) is 17.5 Å². The van der Waals surface area contributed by atoms with E-state index in [1.54, 1.807) is 24.3 Å². The predicted molar refractivity (Wildman–Crippen MR) is 103 cm³/mol. The molecular formula is C20H21N3O5. The number of nitro benzene ring substituents is 1. The fourth-order valence-electron chi connectivity index (χ4n) is 3.09. The summed E-state index contributed by atoms with van der Waals surface area (Å²) < 4.78 is 5.47. The van der Waals surface area contributed by atoms with Gasteiger partial charge in [-0.05, 0) is 43.2 Å². The van der Waals surface area contributed by atoms with Crippen molar-refractivity contribution in [1.82, 2.24) is 5.32 Å². The molecule has 2 N–H and O–H groups in total. The van der Waals surface area contributed by atoms with Crippen molar-refractivity contribution in [3.63, 3.8) is 0 Å². The van der Waals surface area contributed by atoms with Crippen molar-refractivity contribution < 1.29 is 19.2 Å². The summed E-state index contributed by atoms with van der Waals surface area (Å²) in [5, 5.41) is 16.4. The Morgan fingerprint density at radius 1 is 1.11 bits per heavy atom. The predicted octanol–water partition coefficient (Wildman–Crippen LogP) is 3.28. The molecule has 0 radical (unpaired) electrons. The Labute approximate surface area is 162 Å². The smallest absolute Gasteiger partial charge is 0.270 e. The average molecular weight is 383 g/mol. The molecule has 0 aliphatic heterocycles. The van der Waals surface area contributed by atoms with Gasteiger partial charge in [0.15, 0.2) is 6.61 Å². The zero-order chi connectivity index (χ0) is 19.9. The minimum atomic E-state index is -0.550. The molecule has 2 aromatic rings. The van der Waals surface area contributed by atoms with Gasteiger partial charge in [0.2, 0.25) is 0 Å². The van der Waals surface area contributed by atoms with Gasteiger partial charge in [0.05, 0.1) is 4.92 Å². The monoisotopic (exact) mass is 383 g/mol. The molecule has 1 aliphatic rings. The molecule has 8 nitrogen and oxygen atoms in total. The third-order valence-electron chi connectivity index (χ3n) is 4.52. The molecular weight excluding hydrogens is 362 g/mol. The summed E-state index contributed by atoms with van der Waals surface area (Å²) in [6.45, 7) is -0.0596. The maximum atomic E-state index is 12.2. The maximum Gasteiger partial charge on any atom is 0.270 e. The van der Waals surface area contributed by atoms with E-state index in [1.807, 2.05) is 0 Å². The van der Waals surface area contributed by atoms with Crippen LogP contribution in [0.1, 0.15) is 36.0 Å². The normalized spacial score (nSPS) is 13.7. The Kier molecular flexibility index (Phi) is 6.21. The number of anilines is 1. The number of hydrogen-bond acceptors (Lipinski definition) is 5. The number of carbonyl (C=O) groups excluding carboxylic acids is 2. The fourth-order valence-corrected chi connectivity index (χ4v) is 3.09. The molecule has 2 aromatic carbocycles. The second-order valence-electron chi connectivity index (χ2n) is 6.62. The number of nitrogens with zero attached hydrogens (tertiary/aromatic N) is 1. The number of non-ortho nitro benzene ring substituents is 1. The summed E-state index contributed by atoms with van der Waals surface area (Å²) in [6.07, 6.45) is 4.33. The third-order valence-corrected chi connectivity index (χ3v) is 4.52. The lowest BCUT2D eigenvalue weighted by atomic mass is 10.2. The fraction of sp³-hybridized carbons (Fsp3) is 0.300. The van der Waals surface area contributed by atoms with Crippen molar-refractivity contribution in [2.45, 2.75) is 31.7 Å². The summed E-state index contributed by atoms with van der Waals surface area (Å²) in [7, 11) is 0. The summed E-state index contributed by atoms with van der Waals surface area (Å²) in [5.74, 6) is -0.0850. The van der Waals surface area contributed by atoms with Gasteiger partial charge in [-0.1, -0.05) is 18.9 Å². The van der Waals surface area contributed by atoms with Crippen LogP contribution in [0, 0.1) is 10.1 Å². The number of amides is 2. The first-order valence-electron chi connectivity index (χ1n) is 9.09. The van der Waals surface area contributed by atoms with E-state index in [0.717, 1.165) is 25.7 Å². The molecule has 146 valence electrons. The lowest BCUT2D eigenvalue weighted by Crippen LogP contribution is -2.36. The van der Waals surface area contributed by atoms with Gasteiger partial charge in [-0.15, -0.1) is 0 Å². The Morgan fingerprint density at radius 2 is 1.82 bits per heavy atom. The van der Waals surface area contributed by atoms with Crippen LogP contribution in [0.3, 0.4) is 0 Å². The molecule has 0 aromatic heterocycles. The van der Waals surface area contributed by atoms with Crippen LogP contribution in [0.5, 0.6) is 5.75 Å². The quantitative estimate of drug-likeness (QED) is 0.563. The summed E-state index contributed by atoms with van der Waals surface area (Å²) in [5.41, 5.74) is 0.560. The van der Waals surface area contributed by atoms with Crippen LogP contribution in [0.15, 0.2) is 48.5 Å². The van der Waals surface area contributed by atoms with Gasteiger partial charge < -0.3 is 15.4 Å². The largest absolute Gasteiger partial charge is 0.484 e. The highest BCUT2D eigenvalue weighted by atomic mass is 16.6. The van der Waals surface area contributed by atoms with Gasteiger partial charge in [-0.2, -0.15) is 0 Å². The third kappa shape index (κ3) is 5.29. The first-order valence-corrected chi connectivity index (χ1v) is 9.09. The highest BCUT2D eigenvalue weighted by Crippen LogP contribution is 2.19. The minimum absolute atomic E-state index is 0.0596. The van der Waals surface area contributed by atoms with E-state index >= 15 is 0 Å². The molecule has 2 amide bonds. The van der Waals surface area contributed by atoms with Gasteiger partial charge in [0, 0.05) is 29.4 Å². The highest BCUT2D eigenvalue weighted by molar-refractivity contribution is 6.04. The van der Waals surface area contributed by atoms with Crippen LogP contribution in [0.4, 0.5) is 11.4 Å². The zero-order valence-electron chi connectivity index (χ0n) is 15.2. The van der Waals surface area contributed by atoms with Gasteiger partial charge in [-0.3, -0.25) is 19.7 Å². The summed E-state index contributed by atoms with van der Waals surface area (Å²) in [4.78, 5) is 34.4. The number of hydrogen-bond donors (Lipinski definition) is 2. The van der Waals surface area contributed by atoms with Crippen LogP contribution in [-0.2, 0) is 4.79 Å². The van der Waals surface area contributed by atoms with Crippen molar-refractivity contribution in [3.8, 4) is 5.75 Å². The van der Waals surface area contributed by atoms with E-state index in [9.17, 15) is 19.7 Å². The van der Waals surface area contributed by atoms with Crippen molar-refractivity contribution >= 4 is 23.2 Å². The van der Waals surface area contributed by atoms with Gasteiger partial charge >= 0.3 is 0 Å². The molecule has 0 heterocycles. The summed E-state index contributed by atoms with van der Waals surface area (Å²) in [6, 6.07) is 12.3. The van der Waals surface area contributed by atoms with Crippen LogP contribution in [0.25, 0.3) is 0 Å². The van der Waals surface area contributed by atoms with Crippen LogP contribution < -0.4 is 15.4 Å². The van der Waals surface area contributed by atoms with Crippen molar-refractivity contribution in [3.05, 3.63) is 64.2 Å². The lowest BCUT2D eigenvalue weighted by molar-refractivity contribution is -0.384. The van der Waals surface area contributed by atoms with Gasteiger partial charge in [-0.25, -0.2) is 0 Å². The first-order chi connectivity index (χ1) is 13.5. The molecule has 0 atom stereocenters. The summed E-state index contributed by atoms with van der Waals surface area (Å²) >= 11 is 0. The Hall–Kier alpha value is -3.42. The SMILES string of the molecule is O=C(COc1ccc(NC(=O)c2cccc([N+](=O)[O-])c2)cc1)NC1CCCC1. The van der Waals surface area contributed by atoms with Crippen molar-refractivity contribution in [2.24, 2.45) is 0 Å². The number of carbonyl (C=O) groups is 2. The molecule has 0 bridgehead atoms. The standard InChI is InChI=1S/C20H21N3O5/c24-19(21-15-5-1-2-6-15)13-28-18-10-8-16(9-11-18)22-20(25)14-4-3-7-17(12-14)23(26)27/h3-4,7-12,15H,1-2,5-6,13H2,(H,21,24)(H,22,25). The van der Waals surface area contributed by atoms with Crippen LogP contribution in [0.2, 0.25) is 0 Å². The molecule has 3 rings (SSSR count). The van der Waals surface area contributed by atoms with E-state index in [1.165, 1.54) is 24.3 Å². The van der Waals surface area contributed by atoms with E-state index in [4.69, 9.17) is 4.74 Å². The molecule has 0 saturated heterocycles. The van der Waals surface area contributed by atoms with Crippen LogP contribution in [-0.4, -0.2) is 29.4 Å². The van der Waals surface area contributed by atoms with E-state index in [0.29, 0.717) is 11.4 Å². The van der Waals surface area contributed by atoms with E-state index in [2.05, 4.69) is 10.6 Å². The first kappa shape index (κ1) is 19.3. The Morgan fingerprint density at radius 3 is 2.50 bits per heavy atom. The molecule has 1 aliphatic carbocycles. The average Bonchev–Trinajstić information content (AvgIpc) is 3.20. The van der Waals surface area contributed by atoms with Crippen molar-refractivity contribution in [1.29, 1.82) is 0 Å². The molecule has 8 heteroatoms. The minimum Gasteiger partial charge on any atom is -0.484 e. The van der Waals surface area contributed by atoms with Gasteiger partial charge in [0.1, 0.15) is 5.75 Å². The number of nitro groups is 1.